The minimum Gasteiger partial charge on any atom is -0.490 e. The van der Waals surface area contributed by atoms with Gasteiger partial charge in [-0.05, 0) is 42.5 Å². The second-order valence-electron chi connectivity index (χ2n) is 5.19. The number of nitrogens with one attached hydrogen (secondary N) is 1. The van der Waals surface area contributed by atoms with Crippen LogP contribution in [0.2, 0.25) is 0 Å². The molecule has 0 aliphatic heterocycles. The predicted molar refractivity (Wildman–Crippen MR) is 97.2 cm³/mol. The third kappa shape index (κ3) is 3.23. The molecule has 5 nitrogen and oxygen atoms in total. The molecule has 0 spiro atoms. The van der Waals surface area contributed by atoms with Gasteiger partial charge < -0.3 is 14.6 Å². The van der Waals surface area contributed by atoms with Crippen LogP contribution in [0.4, 0.5) is 5.69 Å². The third-order valence-corrected chi connectivity index (χ3v) is 4.53. The molecule has 1 aromatic heterocycles. The average Bonchev–Trinajstić information content (AvgIpc) is 2.87. The standard InChI is InChI=1S/C18H16N2O3S/c1-3-10-23-14-7-4-12(5-8-14)17(21)19-13-6-9-15-16(11-13)24-18(22)20(15)2/h3-9,11H,1,10H2,2H3,(H,19,21). The minimum absolute atomic E-state index is 0.0245. The first kappa shape index (κ1) is 16.0. The van der Waals surface area contributed by atoms with Gasteiger partial charge in [-0.3, -0.25) is 9.59 Å². The molecule has 0 radical (unpaired) electrons. The van der Waals surface area contributed by atoms with Gasteiger partial charge >= 0.3 is 4.87 Å². The summed E-state index contributed by atoms with van der Waals surface area (Å²) in [6.45, 7) is 4.01. The normalized spacial score (nSPS) is 10.5. The van der Waals surface area contributed by atoms with Crippen molar-refractivity contribution >= 4 is 33.1 Å². The van der Waals surface area contributed by atoms with E-state index < -0.39 is 0 Å². The van der Waals surface area contributed by atoms with Gasteiger partial charge in [0.15, 0.2) is 0 Å². The van der Waals surface area contributed by atoms with Crippen LogP contribution in [-0.2, 0) is 7.05 Å². The summed E-state index contributed by atoms with van der Waals surface area (Å²) in [4.78, 5) is 24.0. The van der Waals surface area contributed by atoms with Gasteiger partial charge in [-0.1, -0.05) is 24.0 Å². The molecular formula is C18H16N2O3S. The molecule has 0 bridgehead atoms. The summed E-state index contributed by atoms with van der Waals surface area (Å²) in [5, 5.41) is 2.84. The van der Waals surface area contributed by atoms with Crippen LogP contribution in [0.15, 0.2) is 59.9 Å². The fourth-order valence-electron chi connectivity index (χ4n) is 2.27. The second kappa shape index (κ2) is 6.72. The van der Waals surface area contributed by atoms with E-state index in [1.165, 1.54) is 0 Å². The number of carbonyl (C=O) groups excluding carboxylic acids is 1. The predicted octanol–water partition coefficient (Wildman–Crippen LogP) is 3.42. The first-order valence-electron chi connectivity index (χ1n) is 7.33. The fourth-order valence-corrected chi connectivity index (χ4v) is 3.19. The summed E-state index contributed by atoms with van der Waals surface area (Å²) in [7, 11) is 1.73. The van der Waals surface area contributed by atoms with Crippen molar-refractivity contribution in [2.45, 2.75) is 0 Å². The summed E-state index contributed by atoms with van der Waals surface area (Å²) in [5.41, 5.74) is 2.04. The number of ether oxygens (including phenoxy) is 1. The molecule has 1 heterocycles. The Hall–Kier alpha value is -2.86. The number of hydrogen-bond acceptors (Lipinski definition) is 4. The maximum atomic E-state index is 12.3. The molecule has 122 valence electrons. The second-order valence-corrected chi connectivity index (χ2v) is 6.18. The Kier molecular flexibility index (Phi) is 4.48. The zero-order valence-corrected chi connectivity index (χ0v) is 13.9. The number of aryl methyl sites for hydroxylation is 1. The van der Waals surface area contributed by atoms with Crippen molar-refractivity contribution in [2.75, 3.05) is 11.9 Å². The Morgan fingerprint density at radius 1 is 1.29 bits per heavy atom. The van der Waals surface area contributed by atoms with Gasteiger partial charge in [0.1, 0.15) is 12.4 Å². The minimum atomic E-state index is -0.215. The first-order valence-corrected chi connectivity index (χ1v) is 8.15. The highest BCUT2D eigenvalue weighted by Gasteiger charge is 2.09. The lowest BCUT2D eigenvalue weighted by Crippen LogP contribution is -2.11. The molecule has 3 aromatic rings. The van der Waals surface area contributed by atoms with Gasteiger partial charge in [0.05, 0.1) is 10.2 Å². The largest absolute Gasteiger partial charge is 0.490 e. The Labute approximate surface area is 142 Å². The van der Waals surface area contributed by atoms with E-state index >= 15 is 0 Å². The van der Waals surface area contributed by atoms with E-state index in [0.29, 0.717) is 23.6 Å². The third-order valence-electron chi connectivity index (χ3n) is 3.53. The van der Waals surface area contributed by atoms with Gasteiger partial charge in [0.2, 0.25) is 0 Å². The lowest BCUT2D eigenvalue weighted by molar-refractivity contribution is 0.102. The van der Waals surface area contributed by atoms with E-state index in [2.05, 4.69) is 11.9 Å². The van der Waals surface area contributed by atoms with E-state index in [1.807, 2.05) is 6.07 Å². The smallest absolute Gasteiger partial charge is 0.307 e. The summed E-state index contributed by atoms with van der Waals surface area (Å²) in [5.74, 6) is 0.467. The van der Waals surface area contributed by atoms with E-state index in [1.54, 1.807) is 54.1 Å². The molecule has 0 atom stereocenters. The van der Waals surface area contributed by atoms with Crippen molar-refractivity contribution < 1.29 is 9.53 Å². The number of amides is 1. The lowest BCUT2D eigenvalue weighted by atomic mass is 10.2. The molecule has 3 rings (SSSR count). The van der Waals surface area contributed by atoms with Crippen LogP contribution in [0.5, 0.6) is 5.75 Å². The summed E-state index contributed by atoms with van der Waals surface area (Å²) >= 11 is 1.16. The van der Waals surface area contributed by atoms with Gasteiger partial charge in [0.25, 0.3) is 5.91 Å². The van der Waals surface area contributed by atoms with Crippen LogP contribution in [0.25, 0.3) is 10.2 Å². The monoisotopic (exact) mass is 340 g/mol. The number of thiazole rings is 1. The molecule has 0 aliphatic rings. The number of rotatable bonds is 5. The zero-order valence-electron chi connectivity index (χ0n) is 13.1. The molecule has 1 amide bonds. The van der Waals surface area contributed by atoms with E-state index in [9.17, 15) is 9.59 Å². The number of carbonyl (C=O) groups is 1. The summed E-state index contributed by atoms with van der Waals surface area (Å²) < 4.78 is 7.82. The van der Waals surface area contributed by atoms with Crippen LogP contribution in [0.1, 0.15) is 10.4 Å². The number of hydrogen-bond donors (Lipinski definition) is 1. The van der Waals surface area contributed by atoms with Crippen molar-refractivity contribution in [3.8, 4) is 5.75 Å². The number of fused-ring (bicyclic) bond motifs is 1. The summed E-state index contributed by atoms with van der Waals surface area (Å²) in [6, 6.07) is 12.3. The highest BCUT2D eigenvalue weighted by Crippen LogP contribution is 2.22. The number of anilines is 1. The van der Waals surface area contributed by atoms with E-state index in [-0.39, 0.29) is 10.8 Å². The van der Waals surface area contributed by atoms with E-state index in [4.69, 9.17) is 4.74 Å². The Morgan fingerprint density at radius 2 is 2.04 bits per heavy atom. The van der Waals surface area contributed by atoms with Crippen LogP contribution in [-0.4, -0.2) is 17.1 Å². The Morgan fingerprint density at radius 3 is 2.75 bits per heavy atom. The highest BCUT2D eigenvalue weighted by molar-refractivity contribution is 7.16. The molecule has 6 heteroatoms. The number of benzene rings is 2. The van der Waals surface area contributed by atoms with Crippen molar-refractivity contribution in [3.63, 3.8) is 0 Å². The fraction of sp³-hybridized carbons (Fsp3) is 0.111. The molecule has 0 fully saturated rings. The van der Waals surface area contributed by atoms with Crippen LogP contribution in [0, 0.1) is 0 Å². The van der Waals surface area contributed by atoms with Crippen molar-refractivity contribution in [2.24, 2.45) is 7.05 Å². The van der Waals surface area contributed by atoms with Gasteiger partial charge in [0, 0.05) is 18.3 Å². The maximum absolute atomic E-state index is 12.3. The van der Waals surface area contributed by atoms with Gasteiger partial charge in [-0.15, -0.1) is 0 Å². The summed E-state index contributed by atoms with van der Waals surface area (Å²) in [6.07, 6.45) is 1.66. The highest BCUT2D eigenvalue weighted by atomic mass is 32.1. The molecule has 0 aliphatic carbocycles. The van der Waals surface area contributed by atoms with Gasteiger partial charge in [-0.25, -0.2) is 0 Å². The number of nitrogens with zero attached hydrogens (tertiary/aromatic N) is 1. The van der Waals surface area contributed by atoms with Crippen molar-refractivity contribution in [3.05, 3.63) is 70.4 Å². The Bertz CT molecular complexity index is 955. The van der Waals surface area contributed by atoms with Crippen LogP contribution in [0.3, 0.4) is 0 Å². The molecule has 1 N–H and O–H groups in total. The maximum Gasteiger partial charge on any atom is 0.307 e. The zero-order chi connectivity index (χ0) is 17.1. The number of aromatic nitrogens is 1. The molecule has 24 heavy (non-hydrogen) atoms. The van der Waals surface area contributed by atoms with Crippen molar-refractivity contribution in [1.82, 2.24) is 4.57 Å². The van der Waals surface area contributed by atoms with E-state index in [0.717, 1.165) is 21.6 Å². The Balaban J connectivity index is 1.76. The van der Waals surface area contributed by atoms with Crippen LogP contribution >= 0.6 is 11.3 Å². The molecular weight excluding hydrogens is 324 g/mol. The molecule has 0 saturated heterocycles. The SMILES string of the molecule is C=CCOc1ccc(C(=O)Nc2ccc3c(c2)sc(=O)n3C)cc1. The topological polar surface area (TPSA) is 60.3 Å². The lowest BCUT2D eigenvalue weighted by Gasteiger charge is -2.07. The molecule has 2 aromatic carbocycles. The molecule has 0 unspecified atom stereocenters. The first-order chi connectivity index (χ1) is 11.6. The van der Waals surface area contributed by atoms with Crippen molar-refractivity contribution in [1.29, 1.82) is 0 Å². The molecule has 0 saturated carbocycles. The average molecular weight is 340 g/mol. The quantitative estimate of drug-likeness (QED) is 0.724. The van der Waals surface area contributed by atoms with Gasteiger partial charge in [-0.2, -0.15) is 0 Å². The van der Waals surface area contributed by atoms with Crippen LogP contribution < -0.4 is 14.9 Å².